The average Bonchev–Trinajstić information content (AvgIpc) is 2.46. The molecule has 23 heavy (non-hydrogen) atoms. The van der Waals surface area contributed by atoms with Crippen LogP contribution in [-0.2, 0) is 9.47 Å². The number of ether oxygens (including phenoxy) is 2. The fraction of sp³-hybridized carbons (Fsp3) is 0.944. The van der Waals surface area contributed by atoms with E-state index >= 15 is 0 Å². The van der Waals surface area contributed by atoms with Gasteiger partial charge in [0.1, 0.15) is 5.60 Å². The molecule has 1 aliphatic heterocycles. The zero-order valence-electron chi connectivity index (χ0n) is 15.4. The van der Waals surface area contributed by atoms with Crippen LogP contribution in [0.4, 0.5) is 4.79 Å². The minimum Gasteiger partial charge on any atom is -0.444 e. The van der Waals surface area contributed by atoms with Crippen molar-refractivity contribution in [2.24, 2.45) is 0 Å². The van der Waals surface area contributed by atoms with E-state index in [9.17, 15) is 4.79 Å². The van der Waals surface area contributed by atoms with Crippen molar-refractivity contribution < 1.29 is 14.3 Å². The Morgan fingerprint density at radius 3 is 2.26 bits per heavy atom. The lowest BCUT2D eigenvalue weighted by Crippen LogP contribution is -2.53. The van der Waals surface area contributed by atoms with Crippen LogP contribution in [0, 0.1) is 0 Å². The van der Waals surface area contributed by atoms with Crippen LogP contribution in [0.15, 0.2) is 0 Å². The van der Waals surface area contributed by atoms with Crippen molar-refractivity contribution in [3.8, 4) is 0 Å². The molecule has 134 valence electrons. The number of methoxy groups -OCH3 is 1. The number of hydrogen-bond donors (Lipinski definition) is 1. The van der Waals surface area contributed by atoms with Gasteiger partial charge in [0.2, 0.25) is 0 Å². The Morgan fingerprint density at radius 1 is 1.09 bits per heavy atom. The lowest BCUT2D eigenvalue weighted by molar-refractivity contribution is 0.00806. The summed E-state index contributed by atoms with van der Waals surface area (Å²) < 4.78 is 11.0. The molecule has 0 aromatic carbocycles. The highest BCUT2D eigenvalue weighted by atomic mass is 16.6. The van der Waals surface area contributed by atoms with Crippen LogP contribution in [0.2, 0.25) is 0 Å². The zero-order valence-corrected chi connectivity index (χ0v) is 15.4. The lowest BCUT2D eigenvalue weighted by Gasteiger charge is -2.40. The van der Waals surface area contributed by atoms with Crippen molar-refractivity contribution in [2.75, 3.05) is 13.7 Å². The highest BCUT2D eigenvalue weighted by Gasteiger charge is 2.33. The Hall–Kier alpha value is -0.810. The van der Waals surface area contributed by atoms with E-state index in [0.29, 0.717) is 18.2 Å². The van der Waals surface area contributed by atoms with Gasteiger partial charge in [-0.3, -0.25) is 0 Å². The van der Waals surface area contributed by atoms with Crippen LogP contribution in [0.25, 0.3) is 0 Å². The second kappa shape index (κ2) is 7.84. The molecule has 2 fully saturated rings. The summed E-state index contributed by atoms with van der Waals surface area (Å²) in [4.78, 5) is 14.1. The molecule has 1 N–H and O–H groups in total. The molecule has 0 aromatic heterocycles. The van der Waals surface area contributed by atoms with Crippen molar-refractivity contribution in [3.05, 3.63) is 0 Å². The third-order valence-electron chi connectivity index (χ3n) is 4.98. The molecule has 1 saturated heterocycles. The van der Waals surface area contributed by atoms with E-state index in [4.69, 9.17) is 9.47 Å². The summed E-state index contributed by atoms with van der Waals surface area (Å²) in [5, 5.41) is 3.81. The summed E-state index contributed by atoms with van der Waals surface area (Å²) in [6, 6.07) is 1.34. The third-order valence-corrected chi connectivity index (χ3v) is 4.98. The molecule has 0 bridgehead atoms. The molecule has 0 spiro atoms. The predicted molar refractivity (Wildman–Crippen MR) is 91.6 cm³/mol. The molecular weight excluding hydrogens is 292 g/mol. The van der Waals surface area contributed by atoms with Crippen molar-refractivity contribution in [3.63, 3.8) is 0 Å². The smallest absolute Gasteiger partial charge is 0.410 e. The van der Waals surface area contributed by atoms with Gasteiger partial charge in [-0.2, -0.15) is 0 Å². The van der Waals surface area contributed by atoms with Gasteiger partial charge in [0, 0.05) is 31.8 Å². The molecule has 2 rings (SSSR count). The van der Waals surface area contributed by atoms with E-state index in [2.05, 4.69) is 12.2 Å². The molecule has 0 aromatic rings. The summed E-state index contributed by atoms with van der Waals surface area (Å²) in [6.07, 6.45) is 6.97. The van der Waals surface area contributed by atoms with Gasteiger partial charge in [-0.05, 0) is 66.2 Å². The van der Waals surface area contributed by atoms with Crippen molar-refractivity contribution in [1.29, 1.82) is 0 Å². The summed E-state index contributed by atoms with van der Waals surface area (Å²) >= 11 is 0. The van der Waals surface area contributed by atoms with Crippen LogP contribution < -0.4 is 5.32 Å². The second-order valence-corrected chi connectivity index (χ2v) is 8.12. The van der Waals surface area contributed by atoms with Crippen LogP contribution in [0.3, 0.4) is 0 Å². The molecular formula is C18H34N2O3. The van der Waals surface area contributed by atoms with Crippen LogP contribution in [-0.4, -0.2) is 54.5 Å². The van der Waals surface area contributed by atoms with Gasteiger partial charge in [-0.15, -0.1) is 0 Å². The fourth-order valence-corrected chi connectivity index (χ4v) is 3.71. The number of nitrogens with zero attached hydrogens (tertiary/aromatic N) is 1. The molecule has 1 saturated carbocycles. The molecule has 0 radical (unpaired) electrons. The SMILES string of the molecule is COC1CCC(NC2CCN(C(=O)OC(C)(C)C)C(C)C2)CC1. The van der Waals surface area contributed by atoms with E-state index in [1.165, 1.54) is 12.8 Å². The first-order chi connectivity index (χ1) is 10.8. The predicted octanol–water partition coefficient (Wildman–Crippen LogP) is 3.32. The van der Waals surface area contributed by atoms with Gasteiger partial charge in [0.15, 0.2) is 0 Å². The maximum Gasteiger partial charge on any atom is 0.410 e. The highest BCUT2D eigenvalue weighted by molar-refractivity contribution is 5.68. The molecule has 1 heterocycles. The van der Waals surface area contributed by atoms with Gasteiger partial charge in [-0.1, -0.05) is 0 Å². The summed E-state index contributed by atoms with van der Waals surface area (Å²) in [7, 11) is 1.81. The van der Waals surface area contributed by atoms with Gasteiger partial charge in [0.25, 0.3) is 0 Å². The number of likely N-dealkylation sites (tertiary alicyclic amines) is 1. The first kappa shape index (κ1) is 18.5. The van der Waals surface area contributed by atoms with Crippen LogP contribution >= 0.6 is 0 Å². The number of rotatable bonds is 3. The molecule has 1 amide bonds. The number of carbonyl (C=O) groups is 1. The first-order valence-corrected chi connectivity index (χ1v) is 9.07. The van der Waals surface area contributed by atoms with Crippen molar-refractivity contribution >= 4 is 6.09 Å². The van der Waals surface area contributed by atoms with Crippen molar-refractivity contribution in [1.82, 2.24) is 10.2 Å². The normalized spacial score (nSPS) is 32.7. The van der Waals surface area contributed by atoms with Crippen LogP contribution in [0.1, 0.15) is 66.2 Å². The number of amides is 1. The monoisotopic (exact) mass is 326 g/mol. The minimum atomic E-state index is -0.425. The third kappa shape index (κ3) is 5.64. The number of piperidine rings is 1. The van der Waals surface area contributed by atoms with Crippen molar-refractivity contribution in [2.45, 2.75) is 96.1 Å². The molecule has 5 nitrogen and oxygen atoms in total. The quantitative estimate of drug-likeness (QED) is 0.864. The Balaban J connectivity index is 1.76. The second-order valence-electron chi connectivity index (χ2n) is 8.12. The zero-order chi connectivity index (χ0) is 17.0. The van der Waals surface area contributed by atoms with E-state index in [-0.39, 0.29) is 12.1 Å². The van der Waals surface area contributed by atoms with Gasteiger partial charge in [-0.25, -0.2) is 4.79 Å². The fourth-order valence-electron chi connectivity index (χ4n) is 3.71. The summed E-state index contributed by atoms with van der Waals surface area (Å²) in [5.74, 6) is 0. The average molecular weight is 326 g/mol. The Kier molecular flexibility index (Phi) is 6.32. The largest absolute Gasteiger partial charge is 0.444 e. The minimum absolute atomic E-state index is 0.177. The summed E-state index contributed by atoms with van der Waals surface area (Å²) in [6.45, 7) is 8.65. The van der Waals surface area contributed by atoms with Crippen LogP contribution in [0.5, 0.6) is 0 Å². The summed E-state index contributed by atoms with van der Waals surface area (Å²) in [5.41, 5.74) is -0.425. The standard InChI is InChI=1S/C18H34N2O3/c1-13-12-15(19-14-6-8-16(22-5)9-7-14)10-11-20(13)17(21)23-18(2,3)4/h13-16,19H,6-12H2,1-5H3. The highest BCUT2D eigenvalue weighted by Crippen LogP contribution is 2.25. The van der Waals surface area contributed by atoms with Gasteiger partial charge < -0.3 is 19.7 Å². The van der Waals surface area contributed by atoms with E-state index in [0.717, 1.165) is 32.2 Å². The first-order valence-electron chi connectivity index (χ1n) is 9.07. The lowest BCUT2D eigenvalue weighted by atomic mass is 9.90. The number of nitrogens with one attached hydrogen (secondary N) is 1. The number of carbonyl (C=O) groups excluding carboxylic acids is 1. The van der Waals surface area contributed by atoms with E-state index in [1.54, 1.807) is 0 Å². The molecule has 2 atom stereocenters. The van der Waals surface area contributed by atoms with Gasteiger partial charge in [0.05, 0.1) is 6.10 Å². The Labute approximate surface area is 141 Å². The maximum absolute atomic E-state index is 12.3. The Morgan fingerprint density at radius 2 is 1.74 bits per heavy atom. The Bertz CT molecular complexity index is 386. The molecule has 2 unspecified atom stereocenters. The molecule has 1 aliphatic carbocycles. The molecule has 5 heteroatoms. The number of hydrogen-bond acceptors (Lipinski definition) is 4. The van der Waals surface area contributed by atoms with E-state index < -0.39 is 5.60 Å². The molecule has 2 aliphatic rings. The maximum atomic E-state index is 12.3. The van der Waals surface area contributed by atoms with Gasteiger partial charge >= 0.3 is 6.09 Å². The van der Waals surface area contributed by atoms with E-state index in [1.807, 2.05) is 32.8 Å². The topological polar surface area (TPSA) is 50.8 Å².